The van der Waals surface area contributed by atoms with E-state index in [4.69, 9.17) is 10.5 Å². The molecule has 0 unspecified atom stereocenters. The Morgan fingerprint density at radius 3 is 2.33 bits per heavy atom. The van der Waals surface area contributed by atoms with E-state index in [-0.39, 0.29) is 13.1 Å². The second kappa shape index (κ2) is 6.00. The summed E-state index contributed by atoms with van der Waals surface area (Å²) in [5.41, 5.74) is 1.06. The Kier molecular flexibility index (Phi) is 4.59. The normalized spacial score (nSPS) is 9.00. The molecule has 0 N–H and O–H groups in total. The van der Waals surface area contributed by atoms with Gasteiger partial charge in [0.15, 0.2) is 0 Å². The van der Waals surface area contributed by atoms with Gasteiger partial charge >= 0.3 is 0 Å². The van der Waals surface area contributed by atoms with Crippen LogP contribution < -0.4 is 4.90 Å². The molecule has 0 saturated heterocycles. The Labute approximate surface area is 96.9 Å². The van der Waals surface area contributed by atoms with E-state index in [1.807, 2.05) is 24.3 Å². The quantitative estimate of drug-likeness (QED) is 0.615. The van der Waals surface area contributed by atoms with Gasteiger partial charge in [0.1, 0.15) is 18.9 Å². The summed E-state index contributed by atoms with van der Waals surface area (Å²) < 4.78 is 0. The smallest absolute Gasteiger partial charge is 0.130 e. The van der Waals surface area contributed by atoms with E-state index in [9.17, 15) is 0 Å². The number of nitrogens with zero attached hydrogens (tertiary/aromatic N) is 4. The molecule has 0 radical (unpaired) electrons. The van der Waals surface area contributed by atoms with Crippen LogP contribution in [0, 0.1) is 22.7 Å². The molecule has 1 heterocycles. The van der Waals surface area contributed by atoms with Crippen molar-refractivity contribution in [2.24, 2.45) is 0 Å². The third-order valence-corrected chi connectivity index (χ3v) is 2.46. The molecule has 0 spiro atoms. The van der Waals surface area contributed by atoms with Gasteiger partial charge in [0.2, 0.25) is 0 Å². The van der Waals surface area contributed by atoms with Crippen LogP contribution in [0.2, 0.25) is 0 Å². The van der Waals surface area contributed by atoms with E-state index >= 15 is 0 Å². The summed E-state index contributed by atoms with van der Waals surface area (Å²) in [5, 5.41) is 17.9. The zero-order chi connectivity index (χ0) is 11.1. The molecule has 0 aliphatic heterocycles. The van der Waals surface area contributed by atoms with Crippen molar-refractivity contribution in [2.45, 2.75) is 5.33 Å². The van der Waals surface area contributed by atoms with Gasteiger partial charge in [-0.2, -0.15) is 10.5 Å². The van der Waals surface area contributed by atoms with E-state index in [2.05, 4.69) is 20.9 Å². The van der Waals surface area contributed by atoms with Gasteiger partial charge in [-0.15, -0.1) is 0 Å². The molecule has 1 aromatic rings. The highest BCUT2D eigenvalue weighted by atomic mass is 79.9. The Morgan fingerprint density at radius 2 is 1.93 bits per heavy atom. The van der Waals surface area contributed by atoms with Crippen LogP contribution in [0.25, 0.3) is 0 Å². The summed E-state index contributed by atoms with van der Waals surface area (Å²) in [4.78, 5) is 5.80. The van der Waals surface area contributed by atoms with Gasteiger partial charge in [0, 0.05) is 11.5 Å². The summed E-state index contributed by atoms with van der Waals surface area (Å²) >= 11 is 3.32. The van der Waals surface area contributed by atoms with Gasteiger partial charge in [-0.3, -0.25) is 0 Å². The van der Waals surface area contributed by atoms with Crippen molar-refractivity contribution in [1.29, 1.82) is 10.5 Å². The first-order valence-electron chi connectivity index (χ1n) is 4.31. The zero-order valence-corrected chi connectivity index (χ0v) is 9.61. The molecule has 0 fully saturated rings. The van der Waals surface area contributed by atoms with E-state index in [0.717, 1.165) is 10.9 Å². The third-order valence-electron chi connectivity index (χ3n) is 1.81. The van der Waals surface area contributed by atoms with E-state index in [1.165, 1.54) is 0 Å². The fraction of sp³-hybridized carbons (Fsp3) is 0.300. The molecule has 1 rings (SSSR count). The number of nitriles is 2. The number of halogens is 1. The van der Waals surface area contributed by atoms with Gasteiger partial charge in [-0.25, -0.2) is 4.98 Å². The molecule has 0 aromatic carbocycles. The Hall–Kier alpha value is -1.59. The predicted molar refractivity (Wildman–Crippen MR) is 60.3 cm³/mol. The molecule has 0 amide bonds. The maximum atomic E-state index is 8.59. The number of hydrogen-bond acceptors (Lipinski definition) is 4. The number of rotatable bonds is 4. The van der Waals surface area contributed by atoms with Gasteiger partial charge in [0.05, 0.1) is 12.1 Å². The average Bonchev–Trinajstić information content (AvgIpc) is 2.29. The molecular formula is C10H9BrN4. The molecule has 76 valence electrons. The number of hydrogen-bond donors (Lipinski definition) is 0. The molecule has 0 aliphatic rings. The average molecular weight is 265 g/mol. The van der Waals surface area contributed by atoms with E-state index < -0.39 is 0 Å². The van der Waals surface area contributed by atoms with Gasteiger partial charge in [-0.05, 0) is 11.6 Å². The summed E-state index contributed by atoms with van der Waals surface area (Å²) in [6.45, 7) is 0.350. The molecule has 5 heteroatoms. The highest BCUT2D eigenvalue weighted by Gasteiger charge is 2.05. The van der Waals surface area contributed by atoms with Crippen LogP contribution in [-0.2, 0) is 5.33 Å². The number of pyridine rings is 1. The van der Waals surface area contributed by atoms with Gasteiger partial charge in [-0.1, -0.05) is 22.0 Å². The van der Waals surface area contributed by atoms with Crippen LogP contribution >= 0.6 is 15.9 Å². The third kappa shape index (κ3) is 3.23. The molecule has 0 atom stereocenters. The van der Waals surface area contributed by atoms with Crippen molar-refractivity contribution >= 4 is 21.7 Å². The molecular weight excluding hydrogens is 256 g/mol. The van der Waals surface area contributed by atoms with Crippen LogP contribution in [-0.4, -0.2) is 18.1 Å². The minimum Gasteiger partial charge on any atom is -0.330 e. The van der Waals surface area contributed by atoms with Crippen molar-refractivity contribution in [3.63, 3.8) is 0 Å². The fourth-order valence-electron chi connectivity index (χ4n) is 1.07. The SMILES string of the molecule is N#CCN(CC#N)c1ccc(CBr)cn1. The first kappa shape index (κ1) is 11.5. The number of anilines is 1. The number of alkyl halides is 1. The van der Waals surface area contributed by atoms with Crippen molar-refractivity contribution in [3.8, 4) is 12.1 Å². The van der Waals surface area contributed by atoms with Crippen LogP contribution in [0.15, 0.2) is 18.3 Å². The minimum absolute atomic E-state index is 0.175. The molecule has 0 bridgehead atoms. The van der Waals surface area contributed by atoms with Crippen LogP contribution in [0.1, 0.15) is 5.56 Å². The molecule has 4 nitrogen and oxygen atoms in total. The van der Waals surface area contributed by atoms with Crippen molar-refractivity contribution < 1.29 is 0 Å². The summed E-state index contributed by atoms with van der Waals surface area (Å²) in [6, 6.07) is 7.74. The van der Waals surface area contributed by atoms with Crippen LogP contribution in [0.3, 0.4) is 0 Å². The van der Waals surface area contributed by atoms with E-state index in [0.29, 0.717) is 5.82 Å². The molecule has 15 heavy (non-hydrogen) atoms. The summed E-state index contributed by atoms with van der Waals surface area (Å²) in [6.07, 6.45) is 1.73. The first-order valence-corrected chi connectivity index (χ1v) is 5.43. The maximum Gasteiger partial charge on any atom is 0.130 e. The molecule has 0 aliphatic carbocycles. The predicted octanol–water partition coefficient (Wildman–Crippen LogP) is 1.83. The second-order valence-corrected chi connectivity index (χ2v) is 3.39. The van der Waals surface area contributed by atoms with Gasteiger partial charge < -0.3 is 4.90 Å². The minimum atomic E-state index is 0.175. The highest BCUT2D eigenvalue weighted by Crippen LogP contribution is 2.12. The van der Waals surface area contributed by atoms with Gasteiger partial charge in [0.25, 0.3) is 0 Å². The van der Waals surface area contributed by atoms with Crippen molar-refractivity contribution in [3.05, 3.63) is 23.9 Å². The van der Waals surface area contributed by atoms with Crippen molar-refractivity contribution in [2.75, 3.05) is 18.0 Å². The maximum absolute atomic E-state index is 8.59. The lowest BCUT2D eigenvalue weighted by atomic mass is 10.3. The first-order chi connectivity index (χ1) is 7.31. The lowest BCUT2D eigenvalue weighted by molar-refractivity contribution is 0.933. The molecule has 1 aromatic heterocycles. The lowest BCUT2D eigenvalue weighted by Crippen LogP contribution is -2.24. The second-order valence-electron chi connectivity index (χ2n) is 2.83. The highest BCUT2D eigenvalue weighted by molar-refractivity contribution is 9.08. The summed E-state index contributed by atoms with van der Waals surface area (Å²) in [5.74, 6) is 0.655. The monoisotopic (exact) mass is 264 g/mol. The Morgan fingerprint density at radius 1 is 1.27 bits per heavy atom. The standard InChI is InChI=1S/C10H9BrN4/c11-7-9-1-2-10(14-8-9)15(5-3-12)6-4-13/h1-2,8H,5-7H2. The fourth-order valence-corrected chi connectivity index (χ4v) is 1.40. The Balaban J connectivity index is 2.83. The largest absolute Gasteiger partial charge is 0.330 e. The lowest BCUT2D eigenvalue weighted by Gasteiger charge is -2.16. The van der Waals surface area contributed by atoms with Crippen LogP contribution in [0.5, 0.6) is 0 Å². The topological polar surface area (TPSA) is 63.7 Å². The number of aromatic nitrogens is 1. The Bertz CT molecular complexity index is 371. The van der Waals surface area contributed by atoms with Crippen LogP contribution in [0.4, 0.5) is 5.82 Å². The zero-order valence-electron chi connectivity index (χ0n) is 8.02. The molecule has 0 saturated carbocycles. The van der Waals surface area contributed by atoms with E-state index in [1.54, 1.807) is 11.1 Å². The summed E-state index contributed by atoms with van der Waals surface area (Å²) in [7, 11) is 0. The van der Waals surface area contributed by atoms with Crippen molar-refractivity contribution in [1.82, 2.24) is 4.98 Å².